The first kappa shape index (κ1) is 10.6. The van der Waals surface area contributed by atoms with Gasteiger partial charge in [0, 0.05) is 0 Å². The molecule has 1 aromatic heterocycles. The van der Waals surface area contributed by atoms with Gasteiger partial charge in [0.15, 0.2) is 0 Å². The zero-order valence-corrected chi connectivity index (χ0v) is 9.35. The number of halogens is 1. The Morgan fingerprint density at radius 1 is 1.85 bits per heavy atom. The fraction of sp³-hybridized carbons (Fsp3) is 0.429. The molecule has 0 spiro atoms. The molecule has 0 aliphatic rings. The SMILES string of the molecule is Cc1nc([C@@H](N)CC(=O)O)sc1Br. The normalized spacial score (nSPS) is 12.8. The Labute approximate surface area is 87.9 Å². The van der Waals surface area contributed by atoms with E-state index in [-0.39, 0.29) is 6.42 Å². The third-order valence-electron chi connectivity index (χ3n) is 1.47. The van der Waals surface area contributed by atoms with Crippen molar-refractivity contribution in [3.63, 3.8) is 0 Å². The summed E-state index contributed by atoms with van der Waals surface area (Å²) >= 11 is 4.69. The Balaban J connectivity index is 2.77. The number of carboxylic acids is 1. The summed E-state index contributed by atoms with van der Waals surface area (Å²) in [7, 11) is 0. The van der Waals surface area contributed by atoms with Crippen LogP contribution in [0.2, 0.25) is 0 Å². The molecule has 72 valence electrons. The highest BCUT2D eigenvalue weighted by Crippen LogP contribution is 2.28. The van der Waals surface area contributed by atoms with Gasteiger partial charge in [0.1, 0.15) is 5.01 Å². The topological polar surface area (TPSA) is 76.2 Å². The third-order valence-corrected chi connectivity index (χ3v) is 3.61. The molecule has 1 heterocycles. The van der Waals surface area contributed by atoms with E-state index >= 15 is 0 Å². The standard InChI is InChI=1S/C7H9BrN2O2S/c1-3-6(8)13-7(10-3)4(9)2-5(11)12/h4H,2,9H2,1H3,(H,11,12)/t4-/m0/s1. The Kier molecular flexibility index (Phi) is 3.40. The van der Waals surface area contributed by atoms with E-state index in [0.29, 0.717) is 5.01 Å². The summed E-state index contributed by atoms with van der Waals surface area (Å²) in [6.45, 7) is 1.84. The van der Waals surface area contributed by atoms with Crippen molar-refractivity contribution in [3.05, 3.63) is 14.5 Å². The highest BCUT2D eigenvalue weighted by Gasteiger charge is 2.15. The number of carbonyl (C=O) groups is 1. The fourth-order valence-electron chi connectivity index (χ4n) is 0.832. The first-order valence-corrected chi connectivity index (χ1v) is 5.22. The number of aryl methyl sites for hydroxylation is 1. The van der Waals surface area contributed by atoms with Crippen molar-refractivity contribution in [3.8, 4) is 0 Å². The Morgan fingerprint density at radius 2 is 2.46 bits per heavy atom. The summed E-state index contributed by atoms with van der Waals surface area (Å²) in [5.41, 5.74) is 6.47. The number of aliphatic carboxylic acids is 1. The molecule has 0 bridgehead atoms. The average Bonchev–Trinajstić information content (AvgIpc) is 2.31. The largest absolute Gasteiger partial charge is 0.481 e. The van der Waals surface area contributed by atoms with Gasteiger partial charge >= 0.3 is 5.97 Å². The molecule has 0 amide bonds. The Bertz CT molecular complexity index is 307. The molecule has 1 rings (SSSR count). The van der Waals surface area contributed by atoms with E-state index in [1.807, 2.05) is 6.92 Å². The maximum atomic E-state index is 10.4. The molecule has 0 aromatic carbocycles. The van der Waals surface area contributed by atoms with Crippen molar-refractivity contribution >= 4 is 33.2 Å². The fourth-order valence-corrected chi connectivity index (χ4v) is 2.21. The van der Waals surface area contributed by atoms with E-state index in [9.17, 15) is 4.79 Å². The van der Waals surface area contributed by atoms with Crippen LogP contribution in [0, 0.1) is 6.92 Å². The van der Waals surface area contributed by atoms with Crippen LogP contribution in [-0.2, 0) is 4.79 Å². The second-order valence-corrected chi connectivity index (χ2v) is 4.96. The van der Waals surface area contributed by atoms with E-state index in [0.717, 1.165) is 9.48 Å². The summed E-state index contributed by atoms with van der Waals surface area (Å²) in [4.78, 5) is 14.5. The molecule has 0 aliphatic heterocycles. The van der Waals surface area contributed by atoms with Gasteiger partial charge in [-0.1, -0.05) is 0 Å². The molecule has 0 unspecified atom stereocenters. The van der Waals surface area contributed by atoms with Crippen LogP contribution in [0.1, 0.15) is 23.2 Å². The first-order valence-electron chi connectivity index (χ1n) is 3.61. The lowest BCUT2D eigenvalue weighted by Gasteiger charge is -2.02. The van der Waals surface area contributed by atoms with Gasteiger partial charge in [-0.2, -0.15) is 0 Å². The van der Waals surface area contributed by atoms with Crippen LogP contribution in [0.15, 0.2) is 3.79 Å². The predicted molar refractivity (Wildman–Crippen MR) is 53.7 cm³/mol. The van der Waals surface area contributed by atoms with Crippen LogP contribution in [0.3, 0.4) is 0 Å². The molecular weight excluding hydrogens is 256 g/mol. The highest BCUT2D eigenvalue weighted by atomic mass is 79.9. The molecular formula is C7H9BrN2O2S. The Hall–Kier alpha value is -0.460. The molecule has 13 heavy (non-hydrogen) atoms. The smallest absolute Gasteiger partial charge is 0.305 e. The van der Waals surface area contributed by atoms with Crippen LogP contribution in [0.4, 0.5) is 0 Å². The molecule has 4 nitrogen and oxygen atoms in total. The Morgan fingerprint density at radius 3 is 2.85 bits per heavy atom. The number of nitrogens with two attached hydrogens (primary N) is 1. The van der Waals surface area contributed by atoms with E-state index in [2.05, 4.69) is 20.9 Å². The minimum absolute atomic E-state index is 0.0839. The maximum absolute atomic E-state index is 10.4. The summed E-state index contributed by atoms with van der Waals surface area (Å²) in [6, 6.07) is -0.507. The van der Waals surface area contributed by atoms with Gasteiger partial charge < -0.3 is 10.8 Å². The van der Waals surface area contributed by atoms with E-state index in [1.165, 1.54) is 11.3 Å². The van der Waals surface area contributed by atoms with Crippen molar-refractivity contribution in [1.29, 1.82) is 0 Å². The summed E-state index contributed by atoms with van der Waals surface area (Å²) in [6.07, 6.45) is -0.0839. The second kappa shape index (κ2) is 4.17. The first-order chi connectivity index (χ1) is 6.00. The van der Waals surface area contributed by atoms with Gasteiger partial charge in [-0.05, 0) is 22.9 Å². The number of hydrogen-bond donors (Lipinski definition) is 2. The van der Waals surface area contributed by atoms with Gasteiger partial charge in [0.25, 0.3) is 0 Å². The molecule has 0 saturated carbocycles. The molecule has 3 N–H and O–H groups in total. The molecule has 0 saturated heterocycles. The number of rotatable bonds is 3. The summed E-state index contributed by atoms with van der Waals surface area (Å²) in [5, 5.41) is 9.17. The van der Waals surface area contributed by atoms with Crippen LogP contribution >= 0.6 is 27.3 Å². The molecule has 0 aliphatic carbocycles. The van der Waals surface area contributed by atoms with Gasteiger partial charge in [0.05, 0.1) is 21.9 Å². The lowest BCUT2D eigenvalue weighted by Crippen LogP contribution is -2.14. The average molecular weight is 265 g/mol. The molecule has 1 atom stereocenters. The van der Waals surface area contributed by atoms with E-state index in [1.54, 1.807) is 0 Å². The van der Waals surface area contributed by atoms with Gasteiger partial charge in [-0.3, -0.25) is 4.79 Å². The quantitative estimate of drug-likeness (QED) is 0.871. The monoisotopic (exact) mass is 264 g/mol. The second-order valence-electron chi connectivity index (χ2n) is 2.62. The van der Waals surface area contributed by atoms with Crippen molar-refractivity contribution in [2.75, 3.05) is 0 Å². The van der Waals surface area contributed by atoms with Crippen molar-refractivity contribution in [2.24, 2.45) is 5.73 Å². The van der Waals surface area contributed by atoms with Gasteiger partial charge in [0.2, 0.25) is 0 Å². The van der Waals surface area contributed by atoms with Crippen LogP contribution in [0.25, 0.3) is 0 Å². The summed E-state index contributed by atoms with van der Waals surface area (Å²) in [5.74, 6) is -0.906. The van der Waals surface area contributed by atoms with Gasteiger partial charge in [-0.25, -0.2) is 4.98 Å². The number of hydrogen-bond acceptors (Lipinski definition) is 4. The van der Waals surface area contributed by atoms with Crippen molar-refractivity contribution in [1.82, 2.24) is 4.98 Å². The molecule has 6 heteroatoms. The predicted octanol–water partition coefficient (Wildman–Crippen LogP) is 1.69. The minimum atomic E-state index is -0.906. The highest BCUT2D eigenvalue weighted by molar-refractivity contribution is 9.11. The van der Waals surface area contributed by atoms with E-state index < -0.39 is 12.0 Å². The number of nitrogens with zero attached hydrogens (tertiary/aromatic N) is 1. The minimum Gasteiger partial charge on any atom is -0.481 e. The van der Waals surface area contributed by atoms with Gasteiger partial charge in [-0.15, -0.1) is 11.3 Å². The van der Waals surface area contributed by atoms with Crippen molar-refractivity contribution < 1.29 is 9.90 Å². The zero-order chi connectivity index (χ0) is 10.0. The maximum Gasteiger partial charge on any atom is 0.305 e. The number of thiazole rings is 1. The lowest BCUT2D eigenvalue weighted by atomic mass is 10.2. The third kappa shape index (κ3) is 2.75. The zero-order valence-electron chi connectivity index (χ0n) is 6.95. The van der Waals surface area contributed by atoms with Crippen LogP contribution in [-0.4, -0.2) is 16.1 Å². The van der Waals surface area contributed by atoms with Crippen LogP contribution in [0.5, 0.6) is 0 Å². The lowest BCUT2D eigenvalue weighted by molar-refractivity contribution is -0.137. The molecule has 1 aromatic rings. The molecule has 0 radical (unpaired) electrons. The molecule has 0 fully saturated rings. The number of carboxylic acid groups (broad SMARTS) is 1. The van der Waals surface area contributed by atoms with Crippen LogP contribution < -0.4 is 5.73 Å². The number of aromatic nitrogens is 1. The van der Waals surface area contributed by atoms with E-state index in [4.69, 9.17) is 10.8 Å². The van der Waals surface area contributed by atoms with Crippen molar-refractivity contribution in [2.45, 2.75) is 19.4 Å². The summed E-state index contributed by atoms with van der Waals surface area (Å²) < 4.78 is 0.906.